The molecule has 1 aliphatic heterocycles. The van der Waals surface area contributed by atoms with Crippen LogP contribution in [-0.4, -0.2) is 30.5 Å². The van der Waals surface area contributed by atoms with Crippen LogP contribution in [0.4, 0.5) is 4.39 Å². The minimum atomic E-state index is -0.313. The molecule has 1 atom stereocenters. The first-order valence-corrected chi connectivity index (χ1v) is 7.85. The average Bonchev–Trinajstić information content (AvgIpc) is 3.17. The lowest BCUT2D eigenvalue weighted by Crippen LogP contribution is -2.32. The molecule has 1 aliphatic rings. The fraction of sp³-hybridized carbons (Fsp3) is 0.312. The minimum Gasteiger partial charge on any atom is -0.484 e. The van der Waals surface area contributed by atoms with Crippen molar-refractivity contribution in [2.24, 2.45) is 0 Å². The van der Waals surface area contributed by atoms with Gasteiger partial charge in [0, 0.05) is 19.0 Å². The standard InChI is InChI=1S/C16H16FNO2S/c17-14-1-3-15(4-2-14)20-10-16(19)18-7-5-12(9-18)13-6-8-21-11-13/h1-4,6,8,11-12H,5,7,9-10H2. The molecule has 110 valence electrons. The summed E-state index contributed by atoms with van der Waals surface area (Å²) >= 11 is 1.69. The van der Waals surface area contributed by atoms with E-state index in [2.05, 4.69) is 16.8 Å². The Balaban J connectivity index is 1.51. The van der Waals surface area contributed by atoms with Crippen LogP contribution < -0.4 is 4.74 Å². The van der Waals surface area contributed by atoms with E-state index in [1.807, 2.05) is 4.90 Å². The molecule has 2 aromatic rings. The second kappa shape index (κ2) is 6.26. The van der Waals surface area contributed by atoms with Crippen molar-refractivity contribution in [3.05, 3.63) is 52.5 Å². The first kappa shape index (κ1) is 14.1. The van der Waals surface area contributed by atoms with Crippen molar-refractivity contribution < 1.29 is 13.9 Å². The first-order chi connectivity index (χ1) is 10.2. The van der Waals surface area contributed by atoms with Gasteiger partial charge in [-0.3, -0.25) is 4.79 Å². The smallest absolute Gasteiger partial charge is 0.260 e. The molecule has 5 heteroatoms. The van der Waals surface area contributed by atoms with Crippen molar-refractivity contribution in [2.45, 2.75) is 12.3 Å². The van der Waals surface area contributed by atoms with Gasteiger partial charge in [-0.1, -0.05) is 0 Å². The van der Waals surface area contributed by atoms with Crippen molar-refractivity contribution in [1.82, 2.24) is 4.90 Å². The summed E-state index contributed by atoms with van der Waals surface area (Å²) in [5.41, 5.74) is 1.31. The Labute approximate surface area is 127 Å². The third-order valence-corrected chi connectivity index (χ3v) is 4.43. The van der Waals surface area contributed by atoms with E-state index in [4.69, 9.17) is 4.74 Å². The zero-order valence-electron chi connectivity index (χ0n) is 11.5. The molecular weight excluding hydrogens is 289 g/mol. The molecule has 1 amide bonds. The molecule has 0 bridgehead atoms. The van der Waals surface area contributed by atoms with Gasteiger partial charge in [-0.15, -0.1) is 0 Å². The van der Waals surface area contributed by atoms with Crippen LogP contribution in [0, 0.1) is 5.82 Å². The van der Waals surface area contributed by atoms with E-state index in [0.29, 0.717) is 11.7 Å². The Morgan fingerprint density at radius 1 is 1.33 bits per heavy atom. The van der Waals surface area contributed by atoms with Crippen LogP contribution in [-0.2, 0) is 4.79 Å². The maximum Gasteiger partial charge on any atom is 0.260 e. The molecule has 21 heavy (non-hydrogen) atoms. The van der Waals surface area contributed by atoms with Gasteiger partial charge in [-0.2, -0.15) is 11.3 Å². The molecule has 2 heterocycles. The highest BCUT2D eigenvalue weighted by Gasteiger charge is 2.27. The summed E-state index contributed by atoms with van der Waals surface area (Å²) in [7, 11) is 0. The zero-order valence-corrected chi connectivity index (χ0v) is 12.3. The Kier molecular flexibility index (Phi) is 4.20. The summed E-state index contributed by atoms with van der Waals surface area (Å²) in [5.74, 6) is 0.619. The summed E-state index contributed by atoms with van der Waals surface area (Å²) in [6.07, 6.45) is 0.999. The van der Waals surface area contributed by atoms with Gasteiger partial charge >= 0.3 is 0 Å². The molecule has 0 radical (unpaired) electrons. The number of thiophene rings is 1. The number of ether oxygens (including phenoxy) is 1. The molecule has 1 unspecified atom stereocenters. The van der Waals surface area contributed by atoms with Crippen LogP contribution in [0.3, 0.4) is 0 Å². The molecule has 3 nitrogen and oxygen atoms in total. The van der Waals surface area contributed by atoms with Gasteiger partial charge < -0.3 is 9.64 Å². The van der Waals surface area contributed by atoms with Crippen LogP contribution in [0.2, 0.25) is 0 Å². The minimum absolute atomic E-state index is 0.00197. The normalized spacial score (nSPS) is 18.0. The summed E-state index contributed by atoms with van der Waals surface area (Å²) in [6, 6.07) is 7.82. The van der Waals surface area contributed by atoms with Gasteiger partial charge in [0.1, 0.15) is 11.6 Å². The van der Waals surface area contributed by atoms with Crippen LogP contribution in [0.1, 0.15) is 17.9 Å². The topological polar surface area (TPSA) is 29.5 Å². The second-order valence-corrected chi connectivity index (χ2v) is 5.90. The third kappa shape index (κ3) is 3.42. The maximum atomic E-state index is 12.8. The molecule has 0 saturated carbocycles. The number of hydrogen-bond acceptors (Lipinski definition) is 3. The predicted octanol–water partition coefficient (Wildman–Crippen LogP) is 3.28. The van der Waals surface area contributed by atoms with E-state index < -0.39 is 0 Å². The quantitative estimate of drug-likeness (QED) is 0.867. The number of nitrogens with zero attached hydrogens (tertiary/aromatic N) is 1. The first-order valence-electron chi connectivity index (χ1n) is 6.90. The highest BCUT2D eigenvalue weighted by molar-refractivity contribution is 7.07. The highest BCUT2D eigenvalue weighted by Crippen LogP contribution is 2.28. The van der Waals surface area contributed by atoms with Gasteiger partial charge in [0.15, 0.2) is 6.61 Å². The fourth-order valence-corrected chi connectivity index (χ4v) is 3.28. The summed E-state index contributed by atoms with van der Waals surface area (Å²) in [5, 5.41) is 4.21. The lowest BCUT2D eigenvalue weighted by atomic mass is 10.0. The third-order valence-electron chi connectivity index (χ3n) is 3.73. The number of likely N-dealkylation sites (tertiary alicyclic amines) is 1. The van der Waals surface area contributed by atoms with Crippen molar-refractivity contribution in [3.8, 4) is 5.75 Å². The number of hydrogen-bond donors (Lipinski definition) is 0. The molecule has 0 aliphatic carbocycles. The Bertz CT molecular complexity index is 597. The van der Waals surface area contributed by atoms with E-state index in [9.17, 15) is 9.18 Å². The molecule has 1 aromatic carbocycles. The Morgan fingerprint density at radius 2 is 2.14 bits per heavy atom. The average molecular weight is 305 g/mol. The van der Waals surface area contributed by atoms with Crippen LogP contribution in [0.15, 0.2) is 41.1 Å². The van der Waals surface area contributed by atoms with Gasteiger partial charge in [-0.05, 0) is 53.1 Å². The van der Waals surface area contributed by atoms with Gasteiger partial charge in [0.05, 0.1) is 0 Å². The van der Waals surface area contributed by atoms with E-state index in [1.165, 1.54) is 29.8 Å². The Hall–Kier alpha value is -1.88. The number of rotatable bonds is 4. The number of carbonyl (C=O) groups excluding carboxylic acids is 1. The number of amides is 1. The van der Waals surface area contributed by atoms with Gasteiger partial charge in [0.25, 0.3) is 5.91 Å². The van der Waals surface area contributed by atoms with E-state index in [-0.39, 0.29) is 18.3 Å². The predicted molar refractivity (Wildman–Crippen MR) is 80.2 cm³/mol. The van der Waals surface area contributed by atoms with Gasteiger partial charge in [-0.25, -0.2) is 4.39 Å². The van der Waals surface area contributed by atoms with Crippen LogP contribution in [0.5, 0.6) is 5.75 Å². The highest BCUT2D eigenvalue weighted by atomic mass is 32.1. The van der Waals surface area contributed by atoms with Crippen molar-refractivity contribution in [1.29, 1.82) is 0 Å². The summed E-state index contributed by atoms with van der Waals surface area (Å²) in [4.78, 5) is 14.0. The van der Waals surface area contributed by atoms with Crippen LogP contribution >= 0.6 is 11.3 Å². The molecule has 0 spiro atoms. The molecule has 1 aromatic heterocycles. The van der Waals surface area contributed by atoms with Crippen molar-refractivity contribution in [2.75, 3.05) is 19.7 Å². The number of benzene rings is 1. The zero-order chi connectivity index (χ0) is 14.7. The van der Waals surface area contributed by atoms with Crippen molar-refractivity contribution in [3.63, 3.8) is 0 Å². The summed E-state index contributed by atoms with van der Waals surface area (Å²) < 4.78 is 18.2. The van der Waals surface area contributed by atoms with Crippen LogP contribution in [0.25, 0.3) is 0 Å². The second-order valence-electron chi connectivity index (χ2n) is 5.12. The summed E-state index contributed by atoms with van der Waals surface area (Å²) in [6.45, 7) is 1.52. The van der Waals surface area contributed by atoms with E-state index >= 15 is 0 Å². The van der Waals surface area contributed by atoms with E-state index in [1.54, 1.807) is 11.3 Å². The van der Waals surface area contributed by atoms with Crippen molar-refractivity contribution >= 4 is 17.2 Å². The lowest BCUT2D eigenvalue weighted by molar-refractivity contribution is -0.132. The lowest BCUT2D eigenvalue weighted by Gasteiger charge is -2.16. The molecule has 1 fully saturated rings. The largest absolute Gasteiger partial charge is 0.484 e. The maximum absolute atomic E-state index is 12.8. The SMILES string of the molecule is O=C(COc1ccc(F)cc1)N1CCC(c2ccsc2)C1. The van der Waals surface area contributed by atoms with Gasteiger partial charge in [0.2, 0.25) is 0 Å². The molecule has 1 saturated heterocycles. The monoisotopic (exact) mass is 305 g/mol. The fourth-order valence-electron chi connectivity index (χ4n) is 2.53. The molecule has 0 N–H and O–H groups in total. The molecular formula is C16H16FNO2S. The Morgan fingerprint density at radius 3 is 2.86 bits per heavy atom. The van der Waals surface area contributed by atoms with E-state index in [0.717, 1.165) is 19.5 Å². The number of halogens is 1. The molecule has 3 rings (SSSR count). The number of carbonyl (C=O) groups is 1.